The van der Waals surface area contributed by atoms with Gasteiger partial charge in [0.2, 0.25) is 0 Å². The molecule has 3 unspecified atom stereocenters. The number of Topliss-reactive ketones (excluding diaryl/α,β-unsaturated/α-hetero) is 1. The van der Waals surface area contributed by atoms with Gasteiger partial charge in [-0.15, -0.1) is 0 Å². The molecular formula is C20H28O3. The third kappa shape index (κ3) is 3.36. The molecular weight excluding hydrogens is 288 g/mol. The van der Waals surface area contributed by atoms with E-state index in [1.807, 2.05) is 0 Å². The Bertz CT molecular complexity index is 564. The first-order chi connectivity index (χ1) is 11.0. The molecule has 3 atom stereocenters. The van der Waals surface area contributed by atoms with Crippen molar-refractivity contribution in [2.24, 2.45) is 11.8 Å². The van der Waals surface area contributed by atoms with Crippen molar-refractivity contribution in [2.75, 3.05) is 13.2 Å². The summed E-state index contributed by atoms with van der Waals surface area (Å²) in [6, 6.07) is 4.24. The first-order valence-corrected chi connectivity index (χ1v) is 8.83. The number of benzene rings is 1. The second-order valence-corrected chi connectivity index (χ2v) is 7.50. The molecule has 0 aromatic heterocycles. The van der Waals surface area contributed by atoms with Crippen LogP contribution in [0, 0.1) is 32.6 Å². The summed E-state index contributed by atoms with van der Waals surface area (Å²) in [5.41, 5.74) is 4.53. The third-order valence-corrected chi connectivity index (χ3v) is 5.66. The molecule has 3 heteroatoms. The maximum atomic E-state index is 12.6. The first kappa shape index (κ1) is 16.7. The van der Waals surface area contributed by atoms with Crippen LogP contribution in [0.25, 0.3) is 0 Å². The van der Waals surface area contributed by atoms with Crippen LogP contribution in [0.3, 0.4) is 0 Å². The van der Waals surface area contributed by atoms with Crippen molar-refractivity contribution >= 4 is 5.78 Å². The summed E-state index contributed by atoms with van der Waals surface area (Å²) in [7, 11) is 0. The smallest absolute Gasteiger partial charge is 0.143 e. The van der Waals surface area contributed by atoms with Crippen LogP contribution in [0.4, 0.5) is 0 Å². The number of ketones is 1. The lowest BCUT2D eigenvalue weighted by atomic mass is 9.83. The van der Waals surface area contributed by atoms with Crippen molar-refractivity contribution in [3.63, 3.8) is 0 Å². The van der Waals surface area contributed by atoms with Gasteiger partial charge in [0.25, 0.3) is 0 Å². The average Bonchev–Trinajstić information content (AvgIpc) is 2.75. The lowest BCUT2D eigenvalue weighted by Crippen LogP contribution is -2.26. The Labute approximate surface area is 139 Å². The Morgan fingerprint density at radius 2 is 1.74 bits per heavy atom. The lowest BCUT2D eigenvalue weighted by molar-refractivity contribution is -0.119. The summed E-state index contributed by atoms with van der Waals surface area (Å²) in [6.45, 7) is 7.83. The Morgan fingerprint density at radius 1 is 1.13 bits per heavy atom. The van der Waals surface area contributed by atoms with E-state index in [-0.39, 0.29) is 17.6 Å². The van der Waals surface area contributed by atoms with E-state index in [2.05, 4.69) is 32.9 Å². The van der Waals surface area contributed by atoms with Gasteiger partial charge < -0.3 is 9.84 Å². The number of hydrogen-bond donors (Lipinski definition) is 1. The Balaban J connectivity index is 1.80. The summed E-state index contributed by atoms with van der Waals surface area (Å²) >= 11 is 0. The van der Waals surface area contributed by atoms with Crippen LogP contribution in [0.15, 0.2) is 12.1 Å². The van der Waals surface area contributed by atoms with E-state index in [0.29, 0.717) is 12.3 Å². The molecule has 0 spiro atoms. The van der Waals surface area contributed by atoms with Crippen molar-refractivity contribution in [1.29, 1.82) is 0 Å². The molecule has 1 N–H and O–H groups in total. The van der Waals surface area contributed by atoms with Gasteiger partial charge in [-0.05, 0) is 68.6 Å². The molecule has 3 nitrogen and oxygen atoms in total. The van der Waals surface area contributed by atoms with Gasteiger partial charge in [-0.3, -0.25) is 4.79 Å². The number of aryl methyl sites for hydroxylation is 3. The van der Waals surface area contributed by atoms with Crippen LogP contribution in [0.5, 0.6) is 0 Å². The highest BCUT2D eigenvalue weighted by Gasteiger charge is 2.43. The highest BCUT2D eigenvalue weighted by molar-refractivity contribution is 5.89. The van der Waals surface area contributed by atoms with Gasteiger partial charge in [0.15, 0.2) is 0 Å². The predicted molar refractivity (Wildman–Crippen MR) is 90.7 cm³/mol. The highest BCUT2D eigenvalue weighted by atomic mass is 16.5. The summed E-state index contributed by atoms with van der Waals surface area (Å²) in [5, 5.41) is 10.9. The number of hydrogen-bond acceptors (Lipinski definition) is 3. The number of carbonyl (C=O) groups excluding carboxylic acids is 1. The van der Waals surface area contributed by atoms with E-state index in [9.17, 15) is 9.90 Å². The van der Waals surface area contributed by atoms with Crippen LogP contribution < -0.4 is 0 Å². The third-order valence-electron chi connectivity index (χ3n) is 5.66. The molecule has 23 heavy (non-hydrogen) atoms. The number of aliphatic hydroxyl groups is 1. The zero-order valence-electron chi connectivity index (χ0n) is 14.5. The van der Waals surface area contributed by atoms with Gasteiger partial charge in [-0.2, -0.15) is 0 Å². The molecule has 1 aromatic rings. The molecule has 1 heterocycles. The van der Waals surface area contributed by atoms with E-state index in [0.717, 1.165) is 49.2 Å². The minimum absolute atomic E-state index is 0.107. The molecule has 1 aliphatic carbocycles. The number of carbonyl (C=O) groups is 1. The fraction of sp³-hybridized carbons (Fsp3) is 0.650. The number of aliphatic hydroxyl groups excluding tert-OH is 1. The van der Waals surface area contributed by atoms with E-state index in [1.54, 1.807) is 0 Å². The highest BCUT2D eigenvalue weighted by Crippen LogP contribution is 2.42. The normalized spacial score (nSPS) is 29.2. The van der Waals surface area contributed by atoms with Gasteiger partial charge in [-0.25, -0.2) is 0 Å². The number of rotatable bonds is 3. The molecule has 1 aliphatic heterocycles. The summed E-state index contributed by atoms with van der Waals surface area (Å²) in [5.74, 6) is 0.580. The van der Waals surface area contributed by atoms with Gasteiger partial charge in [0, 0.05) is 19.6 Å². The lowest BCUT2D eigenvalue weighted by Gasteiger charge is -2.27. The van der Waals surface area contributed by atoms with Gasteiger partial charge >= 0.3 is 0 Å². The summed E-state index contributed by atoms with van der Waals surface area (Å²) in [4.78, 5) is 12.6. The van der Waals surface area contributed by atoms with Crippen LogP contribution in [0.2, 0.25) is 0 Å². The Kier molecular flexibility index (Phi) is 4.88. The zero-order chi connectivity index (χ0) is 16.6. The molecule has 126 valence electrons. The molecule has 1 saturated carbocycles. The van der Waals surface area contributed by atoms with E-state index in [4.69, 9.17) is 4.74 Å². The Hall–Kier alpha value is -1.19. The minimum Gasteiger partial charge on any atom is -0.392 e. The maximum Gasteiger partial charge on any atom is 0.143 e. The largest absolute Gasteiger partial charge is 0.392 e. The molecule has 2 fully saturated rings. The van der Waals surface area contributed by atoms with Gasteiger partial charge in [0.1, 0.15) is 5.78 Å². The van der Waals surface area contributed by atoms with Crippen molar-refractivity contribution in [1.82, 2.24) is 0 Å². The average molecular weight is 316 g/mol. The zero-order valence-corrected chi connectivity index (χ0v) is 14.5. The molecule has 1 saturated heterocycles. The minimum atomic E-state index is -0.537. The van der Waals surface area contributed by atoms with Gasteiger partial charge in [-0.1, -0.05) is 17.7 Å². The Morgan fingerprint density at radius 3 is 2.35 bits per heavy atom. The SMILES string of the molecule is Cc1cc(C)c(C2C(=O)CC(CC3CCOCC3)C2O)c(C)c1. The van der Waals surface area contributed by atoms with Crippen molar-refractivity contribution in [3.8, 4) is 0 Å². The fourth-order valence-electron chi connectivity index (χ4n) is 4.62. The molecule has 1 aromatic carbocycles. The molecule has 0 radical (unpaired) electrons. The second kappa shape index (κ2) is 6.74. The maximum absolute atomic E-state index is 12.6. The monoisotopic (exact) mass is 316 g/mol. The van der Waals surface area contributed by atoms with Crippen LogP contribution in [-0.2, 0) is 9.53 Å². The van der Waals surface area contributed by atoms with E-state index >= 15 is 0 Å². The van der Waals surface area contributed by atoms with E-state index in [1.165, 1.54) is 5.56 Å². The van der Waals surface area contributed by atoms with E-state index < -0.39 is 6.10 Å². The van der Waals surface area contributed by atoms with Gasteiger partial charge in [0.05, 0.1) is 12.0 Å². The first-order valence-electron chi connectivity index (χ1n) is 8.83. The molecule has 0 bridgehead atoms. The van der Waals surface area contributed by atoms with Crippen molar-refractivity contribution in [3.05, 3.63) is 34.4 Å². The quantitative estimate of drug-likeness (QED) is 0.929. The molecule has 3 rings (SSSR count). The van der Waals surface area contributed by atoms with Crippen LogP contribution >= 0.6 is 0 Å². The predicted octanol–water partition coefficient (Wildman–Crippen LogP) is 3.46. The summed E-state index contributed by atoms with van der Waals surface area (Å²) < 4.78 is 5.42. The number of ether oxygens (including phenoxy) is 1. The van der Waals surface area contributed by atoms with Crippen molar-refractivity contribution in [2.45, 2.75) is 58.5 Å². The molecule has 0 amide bonds. The summed E-state index contributed by atoms with van der Waals surface area (Å²) in [6.07, 6.45) is 3.06. The van der Waals surface area contributed by atoms with Crippen LogP contribution in [-0.4, -0.2) is 30.2 Å². The second-order valence-electron chi connectivity index (χ2n) is 7.50. The fourth-order valence-corrected chi connectivity index (χ4v) is 4.62. The van der Waals surface area contributed by atoms with Crippen molar-refractivity contribution < 1.29 is 14.6 Å². The standard InChI is InChI=1S/C20H28O3/c1-12-8-13(2)18(14(3)9-12)19-17(21)11-16(20(19)22)10-15-4-6-23-7-5-15/h8-9,15-16,19-20,22H,4-7,10-11H2,1-3H3. The topological polar surface area (TPSA) is 46.5 Å². The van der Waals surface area contributed by atoms with Crippen LogP contribution in [0.1, 0.15) is 53.9 Å². The molecule has 2 aliphatic rings.